The zero-order valence-electron chi connectivity index (χ0n) is 14.4. The topological polar surface area (TPSA) is 83.6 Å². The Kier molecular flexibility index (Phi) is 3.51. The number of hydrogen-bond donors (Lipinski definition) is 3. The molecule has 4 rings (SSSR count). The molecule has 0 radical (unpaired) electrons. The maximum absolute atomic E-state index is 12.4. The summed E-state index contributed by atoms with van der Waals surface area (Å²) in [6.07, 6.45) is 4.99. The second-order valence-electron chi connectivity index (χ2n) is 9.34. The van der Waals surface area contributed by atoms with Crippen molar-refractivity contribution >= 4 is 5.78 Å². The molecule has 4 heteroatoms. The Morgan fingerprint density at radius 3 is 2.48 bits per heavy atom. The molecule has 4 N–H and O–H groups in total. The van der Waals surface area contributed by atoms with Crippen molar-refractivity contribution in [3.8, 4) is 0 Å². The highest BCUT2D eigenvalue weighted by Gasteiger charge is 2.64. The van der Waals surface area contributed by atoms with E-state index in [0.717, 1.165) is 38.5 Å². The fourth-order valence-electron chi connectivity index (χ4n) is 7.06. The van der Waals surface area contributed by atoms with Gasteiger partial charge in [0.15, 0.2) is 0 Å². The van der Waals surface area contributed by atoms with Crippen LogP contribution in [0, 0.1) is 34.5 Å². The van der Waals surface area contributed by atoms with E-state index in [2.05, 4.69) is 13.8 Å². The van der Waals surface area contributed by atoms with E-state index in [4.69, 9.17) is 5.73 Å². The maximum atomic E-state index is 12.4. The van der Waals surface area contributed by atoms with E-state index in [0.29, 0.717) is 18.1 Å². The van der Waals surface area contributed by atoms with Gasteiger partial charge in [0.1, 0.15) is 5.78 Å². The van der Waals surface area contributed by atoms with Crippen molar-refractivity contribution in [1.82, 2.24) is 0 Å². The second-order valence-corrected chi connectivity index (χ2v) is 9.34. The minimum Gasteiger partial charge on any atom is -0.390 e. The van der Waals surface area contributed by atoms with E-state index in [1.807, 2.05) is 0 Å². The Morgan fingerprint density at radius 1 is 1.00 bits per heavy atom. The molecular formula is C19H31NO3. The van der Waals surface area contributed by atoms with Gasteiger partial charge in [-0.05, 0) is 67.6 Å². The smallest absolute Gasteiger partial charge is 0.139 e. The lowest BCUT2D eigenvalue weighted by atomic mass is 9.43. The van der Waals surface area contributed by atoms with Crippen molar-refractivity contribution in [2.45, 2.75) is 77.0 Å². The molecule has 0 spiro atoms. The summed E-state index contributed by atoms with van der Waals surface area (Å²) in [6.45, 7) is 4.42. The van der Waals surface area contributed by atoms with Crippen LogP contribution in [-0.2, 0) is 4.79 Å². The minimum atomic E-state index is -0.695. The molecule has 4 aliphatic rings. The van der Waals surface area contributed by atoms with Gasteiger partial charge < -0.3 is 15.9 Å². The van der Waals surface area contributed by atoms with Gasteiger partial charge in [-0.15, -0.1) is 0 Å². The number of carbonyl (C=O) groups is 1. The monoisotopic (exact) mass is 321 g/mol. The first kappa shape index (κ1) is 16.0. The highest BCUT2D eigenvalue weighted by atomic mass is 16.3. The SMILES string of the molecule is C[C@]12CCC(N)CC1C(O)C(O)[C@@H]1[C@H]2CC[C@]2(C)C(=O)CC[C@@H]12. The predicted octanol–water partition coefficient (Wildman–Crippen LogP) is 1.87. The van der Waals surface area contributed by atoms with Gasteiger partial charge in [-0.2, -0.15) is 0 Å². The Hall–Kier alpha value is -0.450. The van der Waals surface area contributed by atoms with Gasteiger partial charge in [-0.3, -0.25) is 4.79 Å². The molecular weight excluding hydrogens is 290 g/mol. The normalized spacial score (nSPS) is 59.2. The molecule has 4 nitrogen and oxygen atoms in total. The second kappa shape index (κ2) is 5.03. The predicted molar refractivity (Wildman–Crippen MR) is 87.5 cm³/mol. The van der Waals surface area contributed by atoms with Crippen LogP contribution in [0.2, 0.25) is 0 Å². The third-order valence-corrected chi connectivity index (χ3v) is 8.50. The fourth-order valence-corrected chi connectivity index (χ4v) is 7.06. The van der Waals surface area contributed by atoms with Crippen molar-refractivity contribution in [3.05, 3.63) is 0 Å². The van der Waals surface area contributed by atoms with E-state index < -0.39 is 12.2 Å². The van der Waals surface area contributed by atoms with Crippen LogP contribution in [0.3, 0.4) is 0 Å². The summed E-state index contributed by atoms with van der Waals surface area (Å²) in [5.74, 6) is 1.21. The number of Topliss-reactive ketones (excluding diaryl/α,β-unsaturated/α-hetero) is 1. The Morgan fingerprint density at radius 2 is 1.74 bits per heavy atom. The lowest BCUT2D eigenvalue weighted by Crippen LogP contribution is -2.64. The summed E-state index contributed by atoms with van der Waals surface area (Å²) in [6, 6.07) is 0.147. The molecule has 4 aliphatic carbocycles. The third kappa shape index (κ3) is 1.98. The lowest BCUT2D eigenvalue weighted by molar-refractivity contribution is -0.212. The fraction of sp³-hybridized carbons (Fsp3) is 0.947. The van der Waals surface area contributed by atoms with Gasteiger partial charge in [0.25, 0.3) is 0 Å². The molecule has 0 saturated heterocycles. The Balaban J connectivity index is 1.73. The molecule has 0 aromatic rings. The number of aliphatic hydroxyl groups is 2. The number of aliphatic hydroxyl groups excluding tert-OH is 2. The average molecular weight is 321 g/mol. The van der Waals surface area contributed by atoms with Crippen LogP contribution in [0.4, 0.5) is 0 Å². The zero-order valence-corrected chi connectivity index (χ0v) is 14.4. The van der Waals surface area contributed by atoms with Crippen molar-refractivity contribution < 1.29 is 15.0 Å². The van der Waals surface area contributed by atoms with Gasteiger partial charge in [0.05, 0.1) is 12.2 Å². The first-order chi connectivity index (χ1) is 10.8. The quantitative estimate of drug-likeness (QED) is 0.636. The highest BCUT2D eigenvalue weighted by molar-refractivity contribution is 5.87. The first-order valence-corrected chi connectivity index (χ1v) is 9.44. The van der Waals surface area contributed by atoms with E-state index in [-0.39, 0.29) is 34.6 Å². The Bertz CT molecular complexity index is 523. The molecule has 0 heterocycles. The molecule has 0 aliphatic heterocycles. The van der Waals surface area contributed by atoms with Crippen molar-refractivity contribution in [1.29, 1.82) is 0 Å². The van der Waals surface area contributed by atoms with Crippen LogP contribution < -0.4 is 5.73 Å². The molecule has 130 valence electrons. The summed E-state index contributed by atoms with van der Waals surface area (Å²) < 4.78 is 0. The largest absolute Gasteiger partial charge is 0.390 e. The van der Waals surface area contributed by atoms with E-state index >= 15 is 0 Å². The average Bonchev–Trinajstić information content (AvgIpc) is 2.82. The summed E-state index contributed by atoms with van der Waals surface area (Å²) in [5, 5.41) is 21.8. The lowest BCUT2D eigenvalue weighted by Gasteiger charge is -2.62. The van der Waals surface area contributed by atoms with Gasteiger partial charge in [0.2, 0.25) is 0 Å². The van der Waals surface area contributed by atoms with E-state index in [1.54, 1.807) is 0 Å². The number of carbonyl (C=O) groups excluding carboxylic acids is 1. The summed E-state index contributed by atoms with van der Waals surface area (Å²) >= 11 is 0. The van der Waals surface area contributed by atoms with Gasteiger partial charge in [-0.1, -0.05) is 13.8 Å². The van der Waals surface area contributed by atoms with Gasteiger partial charge in [-0.25, -0.2) is 0 Å². The van der Waals surface area contributed by atoms with Gasteiger partial charge >= 0.3 is 0 Å². The molecule has 0 bridgehead atoms. The van der Waals surface area contributed by atoms with Crippen molar-refractivity contribution in [2.24, 2.45) is 40.2 Å². The van der Waals surface area contributed by atoms with Crippen LogP contribution in [-0.4, -0.2) is 34.2 Å². The standard InChI is InChI=1S/C19H31NO3/c1-18-7-5-10(20)9-13(18)16(22)17(23)15-11-3-4-14(21)19(11,2)8-6-12(15)18/h10-13,15-17,22-23H,3-9,20H2,1-2H3/t10?,11-,12+,13?,15-,16?,17?,18+,19-/m0/s1. The van der Waals surface area contributed by atoms with Crippen LogP contribution in [0.25, 0.3) is 0 Å². The number of ketones is 1. The molecule has 0 aromatic heterocycles. The van der Waals surface area contributed by atoms with Crippen molar-refractivity contribution in [3.63, 3.8) is 0 Å². The zero-order chi connectivity index (χ0) is 16.6. The number of fused-ring (bicyclic) bond motifs is 5. The third-order valence-electron chi connectivity index (χ3n) is 8.50. The van der Waals surface area contributed by atoms with Crippen LogP contribution in [0.15, 0.2) is 0 Å². The van der Waals surface area contributed by atoms with E-state index in [1.165, 1.54) is 0 Å². The maximum Gasteiger partial charge on any atom is 0.139 e. The molecule has 0 aromatic carbocycles. The molecule has 0 amide bonds. The summed E-state index contributed by atoms with van der Waals surface area (Å²) in [4.78, 5) is 12.4. The molecule has 4 fully saturated rings. The highest BCUT2D eigenvalue weighted by Crippen LogP contribution is 2.65. The summed E-state index contributed by atoms with van der Waals surface area (Å²) in [5.41, 5.74) is 5.96. The number of rotatable bonds is 0. The molecule has 4 saturated carbocycles. The molecule has 9 atom stereocenters. The first-order valence-electron chi connectivity index (χ1n) is 9.44. The van der Waals surface area contributed by atoms with E-state index in [9.17, 15) is 15.0 Å². The van der Waals surface area contributed by atoms with Crippen LogP contribution in [0.5, 0.6) is 0 Å². The summed E-state index contributed by atoms with van der Waals surface area (Å²) in [7, 11) is 0. The van der Waals surface area contributed by atoms with Crippen LogP contribution in [0.1, 0.15) is 58.8 Å². The molecule has 23 heavy (non-hydrogen) atoms. The van der Waals surface area contributed by atoms with Crippen molar-refractivity contribution in [2.75, 3.05) is 0 Å². The van der Waals surface area contributed by atoms with Crippen LogP contribution >= 0.6 is 0 Å². The Labute approximate surface area is 138 Å². The minimum absolute atomic E-state index is 0.0617. The number of hydrogen-bond acceptors (Lipinski definition) is 4. The van der Waals surface area contributed by atoms with Gasteiger partial charge in [0, 0.05) is 17.9 Å². The molecule has 4 unspecified atom stereocenters. The number of nitrogens with two attached hydrogens (primary N) is 1.